The molecule has 2 amide bonds. The predicted octanol–water partition coefficient (Wildman–Crippen LogP) is 3.34. The number of hydrogen-bond donors (Lipinski definition) is 1. The Morgan fingerprint density at radius 3 is 2.67 bits per heavy atom. The molecule has 0 saturated carbocycles. The summed E-state index contributed by atoms with van der Waals surface area (Å²) in [6, 6.07) is 10.9. The van der Waals surface area contributed by atoms with E-state index in [1.54, 1.807) is 35.9 Å². The monoisotopic (exact) mass is 388 g/mol. The van der Waals surface area contributed by atoms with Crippen molar-refractivity contribution >= 4 is 29.3 Å². The van der Waals surface area contributed by atoms with E-state index in [9.17, 15) is 14.0 Å². The molecule has 0 bridgehead atoms. The number of carbonyl (C=O) groups is 2. The molecule has 0 aromatic heterocycles. The number of benzene rings is 2. The summed E-state index contributed by atoms with van der Waals surface area (Å²) in [5.41, 5.74) is 1.64. The quantitative estimate of drug-likeness (QED) is 0.771. The number of hydrogen-bond acceptors (Lipinski definition) is 4. The first-order valence-electron chi connectivity index (χ1n) is 8.71. The van der Waals surface area contributed by atoms with Gasteiger partial charge in [-0.3, -0.25) is 9.59 Å². The Labute approximate surface area is 161 Å². The lowest BCUT2D eigenvalue weighted by Crippen LogP contribution is -2.36. The molecule has 27 heavy (non-hydrogen) atoms. The molecule has 1 aliphatic rings. The van der Waals surface area contributed by atoms with Crippen LogP contribution in [0.1, 0.15) is 27.1 Å². The maximum absolute atomic E-state index is 13.1. The summed E-state index contributed by atoms with van der Waals surface area (Å²) in [6.45, 7) is 1.64. The van der Waals surface area contributed by atoms with Gasteiger partial charge in [0.05, 0.1) is 5.69 Å². The molecule has 0 unspecified atom stereocenters. The van der Waals surface area contributed by atoms with E-state index in [2.05, 4.69) is 5.32 Å². The van der Waals surface area contributed by atoms with Gasteiger partial charge in [0, 0.05) is 48.6 Å². The first kappa shape index (κ1) is 19.4. The molecule has 142 valence electrons. The highest BCUT2D eigenvalue weighted by Gasteiger charge is 2.25. The standard InChI is InChI=1S/C20H21FN2O3S/c1-26-11-2-9-22-19(24)15-5-8-18-17(13-15)23(10-12-27-18)20(25)14-3-6-16(21)7-4-14/h3-8,13H,2,9-12H2,1H3,(H,22,24). The average molecular weight is 388 g/mol. The number of thioether (sulfide) groups is 1. The van der Waals surface area contributed by atoms with Crippen LogP contribution in [0.25, 0.3) is 0 Å². The number of halogens is 1. The Morgan fingerprint density at radius 2 is 1.93 bits per heavy atom. The van der Waals surface area contributed by atoms with E-state index in [-0.39, 0.29) is 17.6 Å². The van der Waals surface area contributed by atoms with Gasteiger partial charge in [-0.15, -0.1) is 11.8 Å². The SMILES string of the molecule is COCCCNC(=O)c1ccc2c(c1)N(C(=O)c1ccc(F)cc1)CCS2. The highest BCUT2D eigenvalue weighted by Crippen LogP contribution is 2.36. The van der Waals surface area contributed by atoms with Crippen molar-refractivity contribution in [3.63, 3.8) is 0 Å². The molecule has 0 fully saturated rings. The van der Waals surface area contributed by atoms with E-state index >= 15 is 0 Å². The summed E-state index contributed by atoms with van der Waals surface area (Å²) in [4.78, 5) is 27.9. The lowest BCUT2D eigenvalue weighted by molar-refractivity contribution is 0.0945. The van der Waals surface area contributed by atoms with Crippen LogP contribution < -0.4 is 10.2 Å². The van der Waals surface area contributed by atoms with Crippen molar-refractivity contribution in [3.8, 4) is 0 Å². The van der Waals surface area contributed by atoms with Gasteiger partial charge >= 0.3 is 0 Å². The van der Waals surface area contributed by atoms with Crippen molar-refractivity contribution in [2.75, 3.05) is 37.5 Å². The molecular formula is C20H21FN2O3S. The van der Waals surface area contributed by atoms with Crippen LogP contribution in [0.3, 0.4) is 0 Å². The summed E-state index contributed by atoms with van der Waals surface area (Å²) in [5, 5.41) is 2.85. The average Bonchev–Trinajstić information content (AvgIpc) is 2.70. The number of ether oxygens (including phenoxy) is 1. The molecule has 5 nitrogen and oxygen atoms in total. The zero-order chi connectivity index (χ0) is 19.2. The molecular weight excluding hydrogens is 367 g/mol. The molecule has 1 N–H and O–H groups in total. The van der Waals surface area contributed by atoms with Gasteiger partial charge in [-0.2, -0.15) is 0 Å². The minimum Gasteiger partial charge on any atom is -0.385 e. The molecule has 2 aromatic rings. The second-order valence-corrected chi connectivity index (χ2v) is 7.23. The van der Waals surface area contributed by atoms with Gasteiger partial charge < -0.3 is 15.0 Å². The van der Waals surface area contributed by atoms with Crippen molar-refractivity contribution in [2.24, 2.45) is 0 Å². The first-order valence-corrected chi connectivity index (χ1v) is 9.70. The summed E-state index contributed by atoms with van der Waals surface area (Å²) in [6.07, 6.45) is 0.734. The van der Waals surface area contributed by atoms with E-state index in [0.717, 1.165) is 17.1 Å². The number of nitrogens with zero attached hydrogens (tertiary/aromatic N) is 1. The fourth-order valence-corrected chi connectivity index (χ4v) is 3.81. The zero-order valence-electron chi connectivity index (χ0n) is 15.0. The van der Waals surface area contributed by atoms with Gasteiger partial charge in [-0.25, -0.2) is 4.39 Å². The molecule has 2 aromatic carbocycles. The van der Waals surface area contributed by atoms with Crippen LogP contribution in [-0.4, -0.2) is 44.4 Å². The molecule has 0 atom stereocenters. The van der Waals surface area contributed by atoms with Crippen LogP contribution in [0.5, 0.6) is 0 Å². The Bertz CT molecular complexity index is 826. The van der Waals surface area contributed by atoms with Crippen LogP contribution in [-0.2, 0) is 4.74 Å². The third kappa shape index (κ3) is 4.67. The second kappa shape index (κ2) is 9.01. The molecule has 0 spiro atoms. The zero-order valence-corrected chi connectivity index (χ0v) is 15.9. The van der Waals surface area contributed by atoms with E-state index in [4.69, 9.17) is 4.74 Å². The molecule has 0 saturated heterocycles. The van der Waals surface area contributed by atoms with Crippen LogP contribution in [0.15, 0.2) is 47.4 Å². The number of anilines is 1. The van der Waals surface area contributed by atoms with Gasteiger partial charge in [0.2, 0.25) is 0 Å². The van der Waals surface area contributed by atoms with E-state index in [1.807, 2.05) is 6.07 Å². The van der Waals surface area contributed by atoms with Crippen molar-refractivity contribution in [1.29, 1.82) is 0 Å². The summed E-state index contributed by atoms with van der Waals surface area (Å²) in [7, 11) is 1.62. The van der Waals surface area contributed by atoms with Crippen molar-refractivity contribution in [1.82, 2.24) is 5.32 Å². The van der Waals surface area contributed by atoms with Crippen molar-refractivity contribution in [2.45, 2.75) is 11.3 Å². The Balaban J connectivity index is 1.80. The summed E-state index contributed by atoms with van der Waals surface area (Å²) in [5.74, 6) is 0.00381. The van der Waals surface area contributed by atoms with Gasteiger partial charge in [0.1, 0.15) is 5.82 Å². The normalized spacial score (nSPS) is 13.2. The predicted molar refractivity (Wildman–Crippen MR) is 104 cm³/mol. The van der Waals surface area contributed by atoms with Crippen molar-refractivity contribution in [3.05, 3.63) is 59.4 Å². The molecule has 0 aliphatic carbocycles. The molecule has 1 heterocycles. The largest absolute Gasteiger partial charge is 0.385 e. The van der Waals surface area contributed by atoms with Crippen molar-refractivity contribution < 1.29 is 18.7 Å². The highest BCUT2D eigenvalue weighted by molar-refractivity contribution is 7.99. The van der Waals surface area contributed by atoms with Gasteiger partial charge in [-0.1, -0.05) is 0 Å². The summed E-state index contributed by atoms with van der Waals surface area (Å²) >= 11 is 1.65. The maximum Gasteiger partial charge on any atom is 0.258 e. The molecule has 7 heteroatoms. The molecule has 3 rings (SSSR count). The molecule has 0 radical (unpaired) electrons. The Hall–Kier alpha value is -2.38. The van der Waals surface area contributed by atoms with E-state index in [1.165, 1.54) is 24.3 Å². The fraction of sp³-hybridized carbons (Fsp3) is 0.300. The summed E-state index contributed by atoms with van der Waals surface area (Å²) < 4.78 is 18.1. The van der Waals surface area contributed by atoms with Crippen LogP contribution in [0.4, 0.5) is 10.1 Å². The van der Waals surface area contributed by atoms with Gasteiger partial charge in [-0.05, 0) is 48.9 Å². The Morgan fingerprint density at radius 1 is 1.19 bits per heavy atom. The van der Waals surface area contributed by atoms with Crippen LogP contribution >= 0.6 is 11.8 Å². The lowest BCUT2D eigenvalue weighted by atomic mass is 10.1. The minimum atomic E-state index is -0.381. The maximum atomic E-state index is 13.1. The molecule has 1 aliphatic heterocycles. The van der Waals surface area contributed by atoms with Crippen LogP contribution in [0, 0.1) is 5.82 Å². The number of methoxy groups -OCH3 is 1. The minimum absolute atomic E-state index is 0.182. The van der Waals surface area contributed by atoms with Crippen LogP contribution in [0.2, 0.25) is 0 Å². The third-order valence-corrected chi connectivity index (χ3v) is 5.27. The Kier molecular flexibility index (Phi) is 6.47. The second-order valence-electron chi connectivity index (χ2n) is 6.10. The van der Waals surface area contributed by atoms with Gasteiger partial charge in [0.15, 0.2) is 0 Å². The number of amides is 2. The van der Waals surface area contributed by atoms with E-state index < -0.39 is 0 Å². The number of carbonyl (C=O) groups excluding carboxylic acids is 2. The van der Waals surface area contributed by atoms with E-state index in [0.29, 0.717) is 36.5 Å². The number of rotatable bonds is 6. The highest BCUT2D eigenvalue weighted by atomic mass is 32.2. The van der Waals surface area contributed by atoms with Gasteiger partial charge in [0.25, 0.3) is 11.8 Å². The smallest absolute Gasteiger partial charge is 0.258 e. The first-order chi connectivity index (χ1) is 13.1. The number of nitrogens with one attached hydrogen (secondary N) is 1. The topological polar surface area (TPSA) is 58.6 Å². The fourth-order valence-electron chi connectivity index (χ4n) is 2.84. The number of fused-ring (bicyclic) bond motifs is 1. The lowest BCUT2D eigenvalue weighted by Gasteiger charge is -2.29. The third-order valence-electron chi connectivity index (χ3n) is 4.23.